The molecule has 4 heteroatoms. The van der Waals surface area contributed by atoms with Crippen LogP contribution in [0.2, 0.25) is 0 Å². The van der Waals surface area contributed by atoms with E-state index in [0.29, 0.717) is 25.2 Å². The van der Waals surface area contributed by atoms with E-state index >= 15 is 0 Å². The Hall–Kier alpha value is -1.55. The summed E-state index contributed by atoms with van der Waals surface area (Å²) in [6.07, 6.45) is 4.35. The average Bonchev–Trinajstić information content (AvgIpc) is 2.48. The first-order valence-corrected chi connectivity index (χ1v) is 7.04. The van der Waals surface area contributed by atoms with Gasteiger partial charge in [0.15, 0.2) is 0 Å². The van der Waals surface area contributed by atoms with Crippen LogP contribution in [0.3, 0.4) is 0 Å². The molecule has 0 aliphatic heterocycles. The second-order valence-corrected chi connectivity index (χ2v) is 5.38. The Kier molecular flexibility index (Phi) is 4.65. The van der Waals surface area contributed by atoms with Crippen LogP contribution in [0.1, 0.15) is 43.2 Å². The Morgan fingerprint density at radius 1 is 1.25 bits per heavy atom. The van der Waals surface area contributed by atoms with Crippen LogP contribution in [0.15, 0.2) is 18.2 Å². The van der Waals surface area contributed by atoms with Gasteiger partial charge in [-0.05, 0) is 12.8 Å². The topological polar surface area (TPSA) is 55.8 Å². The molecule has 1 aliphatic rings. The number of benzene rings is 1. The number of hydrogen-bond acceptors (Lipinski definition) is 3. The van der Waals surface area contributed by atoms with Crippen LogP contribution < -0.4 is 4.74 Å². The highest BCUT2D eigenvalue weighted by Gasteiger charge is 2.43. The zero-order valence-corrected chi connectivity index (χ0v) is 12.1. The lowest BCUT2D eigenvalue weighted by atomic mass is 9.69. The SMILES string of the molecule is COCc1cccc(C2(C(=O)O)CCCCC2)c1OC. The lowest BCUT2D eigenvalue weighted by Gasteiger charge is -2.35. The van der Waals surface area contributed by atoms with E-state index in [9.17, 15) is 9.90 Å². The molecule has 1 aliphatic carbocycles. The van der Waals surface area contributed by atoms with Crippen molar-refractivity contribution in [2.45, 2.75) is 44.1 Å². The van der Waals surface area contributed by atoms with E-state index in [1.54, 1.807) is 14.2 Å². The van der Waals surface area contributed by atoms with Crippen molar-refractivity contribution in [3.63, 3.8) is 0 Å². The maximum atomic E-state index is 11.9. The first-order chi connectivity index (χ1) is 9.65. The van der Waals surface area contributed by atoms with Crippen LogP contribution in [-0.2, 0) is 21.6 Å². The number of rotatable bonds is 5. The first-order valence-electron chi connectivity index (χ1n) is 7.04. The van der Waals surface area contributed by atoms with E-state index in [-0.39, 0.29) is 0 Å². The molecule has 0 aromatic heterocycles. The van der Waals surface area contributed by atoms with Gasteiger partial charge in [-0.3, -0.25) is 4.79 Å². The molecule has 0 atom stereocenters. The maximum absolute atomic E-state index is 11.9. The Morgan fingerprint density at radius 2 is 1.95 bits per heavy atom. The Bertz CT molecular complexity index is 475. The van der Waals surface area contributed by atoms with Crippen molar-refractivity contribution in [3.8, 4) is 5.75 Å². The molecule has 0 spiro atoms. The zero-order valence-electron chi connectivity index (χ0n) is 12.1. The Labute approximate surface area is 119 Å². The summed E-state index contributed by atoms with van der Waals surface area (Å²) in [5.41, 5.74) is 0.883. The number of carbonyl (C=O) groups is 1. The average molecular weight is 278 g/mol. The predicted octanol–water partition coefficient (Wildman–Crippen LogP) is 3.13. The molecule has 1 aromatic rings. The molecule has 0 saturated heterocycles. The number of aliphatic carboxylic acids is 1. The summed E-state index contributed by atoms with van der Waals surface area (Å²) in [5.74, 6) is -0.0799. The summed E-state index contributed by atoms with van der Waals surface area (Å²) in [6.45, 7) is 0.423. The fraction of sp³-hybridized carbons (Fsp3) is 0.562. The number of para-hydroxylation sites is 1. The minimum Gasteiger partial charge on any atom is -0.496 e. The Morgan fingerprint density at radius 3 is 2.50 bits per heavy atom. The van der Waals surface area contributed by atoms with E-state index in [4.69, 9.17) is 9.47 Å². The molecule has 0 bridgehead atoms. The van der Waals surface area contributed by atoms with Crippen molar-refractivity contribution in [2.24, 2.45) is 0 Å². The highest BCUT2D eigenvalue weighted by atomic mass is 16.5. The molecule has 110 valence electrons. The van der Waals surface area contributed by atoms with Crippen molar-refractivity contribution >= 4 is 5.97 Å². The molecular weight excluding hydrogens is 256 g/mol. The van der Waals surface area contributed by atoms with E-state index in [0.717, 1.165) is 30.4 Å². The largest absolute Gasteiger partial charge is 0.496 e. The molecule has 0 heterocycles. The summed E-state index contributed by atoms with van der Waals surface area (Å²) in [5, 5.41) is 9.80. The van der Waals surface area contributed by atoms with Crippen LogP contribution >= 0.6 is 0 Å². The minimum atomic E-state index is -0.812. The first kappa shape index (κ1) is 14.9. The van der Waals surface area contributed by atoms with Crippen molar-refractivity contribution in [3.05, 3.63) is 29.3 Å². The lowest BCUT2D eigenvalue weighted by Crippen LogP contribution is -2.38. The third kappa shape index (κ3) is 2.52. The van der Waals surface area contributed by atoms with Gasteiger partial charge in [-0.2, -0.15) is 0 Å². The van der Waals surface area contributed by atoms with Crippen molar-refractivity contribution in [1.82, 2.24) is 0 Å². The van der Waals surface area contributed by atoms with Crippen LogP contribution in [0.5, 0.6) is 5.75 Å². The summed E-state index contributed by atoms with van der Waals surface area (Å²) in [7, 11) is 3.22. The summed E-state index contributed by atoms with van der Waals surface area (Å²) in [6, 6.07) is 5.70. The molecule has 1 saturated carbocycles. The number of methoxy groups -OCH3 is 2. The van der Waals surface area contributed by atoms with E-state index < -0.39 is 11.4 Å². The molecule has 1 N–H and O–H groups in total. The van der Waals surface area contributed by atoms with Crippen molar-refractivity contribution in [1.29, 1.82) is 0 Å². The third-order valence-corrected chi connectivity index (χ3v) is 4.23. The van der Waals surface area contributed by atoms with Gasteiger partial charge >= 0.3 is 5.97 Å². The normalized spacial score (nSPS) is 17.7. The number of carboxylic acids is 1. The van der Waals surface area contributed by atoms with Crippen molar-refractivity contribution in [2.75, 3.05) is 14.2 Å². The van der Waals surface area contributed by atoms with Crippen LogP contribution in [0.25, 0.3) is 0 Å². The van der Waals surface area contributed by atoms with E-state index in [1.165, 1.54) is 0 Å². The zero-order chi connectivity index (χ0) is 14.6. The molecule has 1 fully saturated rings. The molecule has 0 unspecified atom stereocenters. The van der Waals surface area contributed by atoms with E-state index in [1.807, 2.05) is 18.2 Å². The third-order valence-electron chi connectivity index (χ3n) is 4.23. The second-order valence-electron chi connectivity index (χ2n) is 5.38. The quantitative estimate of drug-likeness (QED) is 0.899. The fourth-order valence-electron chi connectivity index (χ4n) is 3.23. The molecule has 1 aromatic carbocycles. The van der Waals surface area contributed by atoms with E-state index in [2.05, 4.69) is 0 Å². The maximum Gasteiger partial charge on any atom is 0.314 e. The molecule has 0 amide bonds. The fourth-order valence-corrected chi connectivity index (χ4v) is 3.23. The number of carboxylic acid groups (broad SMARTS) is 1. The van der Waals surface area contributed by atoms with Gasteiger partial charge in [-0.1, -0.05) is 37.5 Å². The van der Waals surface area contributed by atoms with Gasteiger partial charge in [0, 0.05) is 18.2 Å². The van der Waals surface area contributed by atoms with Gasteiger partial charge in [0.25, 0.3) is 0 Å². The van der Waals surface area contributed by atoms with Gasteiger partial charge in [0.2, 0.25) is 0 Å². The second kappa shape index (κ2) is 6.27. The Balaban J connectivity index is 2.53. The summed E-state index contributed by atoms with van der Waals surface area (Å²) < 4.78 is 10.7. The number of ether oxygens (including phenoxy) is 2. The number of hydrogen-bond donors (Lipinski definition) is 1. The smallest absolute Gasteiger partial charge is 0.314 e. The predicted molar refractivity (Wildman–Crippen MR) is 76.1 cm³/mol. The standard InChI is InChI=1S/C16H22O4/c1-19-11-12-7-6-8-13(14(12)20-2)16(15(17)18)9-4-3-5-10-16/h6-8H,3-5,9-11H2,1-2H3,(H,17,18). The molecule has 4 nitrogen and oxygen atoms in total. The molecule has 20 heavy (non-hydrogen) atoms. The van der Waals surface area contributed by atoms with Crippen LogP contribution in [-0.4, -0.2) is 25.3 Å². The lowest BCUT2D eigenvalue weighted by molar-refractivity contribution is -0.145. The van der Waals surface area contributed by atoms with Gasteiger partial charge in [-0.25, -0.2) is 0 Å². The van der Waals surface area contributed by atoms with Gasteiger partial charge in [-0.15, -0.1) is 0 Å². The van der Waals surface area contributed by atoms with Gasteiger partial charge < -0.3 is 14.6 Å². The highest BCUT2D eigenvalue weighted by Crippen LogP contribution is 2.44. The van der Waals surface area contributed by atoms with Gasteiger partial charge in [0.1, 0.15) is 5.75 Å². The highest BCUT2D eigenvalue weighted by molar-refractivity contribution is 5.83. The molecule has 0 radical (unpaired) electrons. The van der Waals surface area contributed by atoms with Crippen LogP contribution in [0.4, 0.5) is 0 Å². The van der Waals surface area contributed by atoms with Crippen LogP contribution in [0, 0.1) is 0 Å². The van der Waals surface area contributed by atoms with Crippen molar-refractivity contribution < 1.29 is 19.4 Å². The molecule has 2 rings (SSSR count). The van der Waals surface area contributed by atoms with Gasteiger partial charge in [0.05, 0.1) is 19.1 Å². The minimum absolute atomic E-state index is 0.423. The monoisotopic (exact) mass is 278 g/mol. The summed E-state index contributed by atoms with van der Waals surface area (Å²) >= 11 is 0. The molecular formula is C16H22O4. The summed E-state index contributed by atoms with van der Waals surface area (Å²) in [4.78, 5) is 11.9.